The van der Waals surface area contributed by atoms with Crippen LogP contribution in [0.5, 0.6) is 0 Å². The van der Waals surface area contributed by atoms with E-state index in [1.54, 1.807) is 0 Å². The summed E-state index contributed by atoms with van der Waals surface area (Å²) in [5, 5.41) is 0. The Morgan fingerprint density at radius 2 is 1.23 bits per heavy atom. The summed E-state index contributed by atoms with van der Waals surface area (Å²) < 4.78 is 18.6. The lowest BCUT2D eigenvalue weighted by Crippen LogP contribution is -2.55. The average molecular weight is 497 g/mol. The average Bonchev–Trinajstić information content (AvgIpc) is 3.25. The third-order valence-corrected chi connectivity index (χ3v) is 6.84. The zero-order valence-corrected chi connectivity index (χ0v) is 19.7. The van der Waals surface area contributed by atoms with Crippen LogP contribution in [0.3, 0.4) is 0 Å². The lowest BCUT2D eigenvalue weighted by Gasteiger charge is -2.51. The fourth-order valence-electron chi connectivity index (χ4n) is 4.77. The predicted octanol–water partition coefficient (Wildman–Crippen LogP) is 5.40. The van der Waals surface area contributed by atoms with Gasteiger partial charge in [0.2, 0.25) is 0 Å². The number of ether oxygens (including phenoxy) is 3. The molecular weight excluding hydrogens is 466 g/mol. The molecule has 6 heteroatoms. The van der Waals surface area contributed by atoms with Crippen molar-refractivity contribution in [3.05, 3.63) is 70.7 Å². The molecule has 3 aliphatic rings. The Kier molecular flexibility index (Phi) is 8.75. The summed E-state index contributed by atoms with van der Waals surface area (Å²) >= 11 is 3.31. The van der Waals surface area contributed by atoms with Crippen molar-refractivity contribution in [1.29, 1.82) is 0 Å². The minimum atomic E-state index is -0.301. The highest BCUT2D eigenvalue weighted by Crippen LogP contribution is 2.48. The Morgan fingerprint density at radius 3 is 1.73 bits per heavy atom. The Balaban J connectivity index is 0.000000274. The minimum absolute atomic E-state index is 0. The first-order chi connectivity index (χ1) is 14.2. The molecule has 2 saturated heterocycles. The molecule has 2 heterocycles. The monoisotopic (exact) mass is 495 g/mol. The Hall–Kier alpha value is -0.950. The molecule has 1 saturated carbocycles. The van der Waals surface area contributed by atoms with Crippen LogP contribution in [0.25, 0.3) is 0 Å². The Morgan fingerprint density at radius 1 is 0.700 bits per heavy atom. The van der Waals surface area contributed by atoms with Gasteiger partial charge in [0.1, 0.15) is 0 Å². The number of halogens is 2. The summed E-state index contributed by atoms with van der Waals surface area (Å²) in [6.45, 7) is 5.21. The van der Waals surface area contributed by atoms with Gasteiger partial charge in [-0.15, -0.1) is 12.4 Å². The van der Waals surface area contributed by atoms with E-state index in [0.29, 0.717) is 0 Å². The molecule has 0 bridgehead atoms. The van der Waals surface area contributed by atoms with Gasteiger partial charge in [-0.25, -0.2) is 0 Å². The van der Waals surface area contributed by atoms with Gasteiger partial charge < -0.3 is 14.2 Å². The second-order valence-electron chi connectivity index (χ2n) is 7.90. The molecule has 5 rings (SSSR count). The van der Waals surface area contributed by atoms with Crippen LogP contribution >= 0.6 is 28.3 Å². The quantitative estimate of drug-likeness (QED) is 0.557. The summed E-state index contributed by atoms with van der Waals surface area (Å²) in [7, 11) is 0. The summed E-state index contributed by atoms with van der Waals surface area (Å²) in [5.41, 5.74) is 1.55. The standard InChI is InChI=1S/C18H25NO3.C6H5Br.ClH/c1-2-4-16(5-3-1)17(19-10-12-20-13-11-19)6-8-18(9-7-17)21-14-15-22-18;7-6-4-2-1-3-5-6;/h1-5H,6-15H2;1-5H;1H. The number of benzene rings is 2. The van der Waals surface area contributed by atoms with Crippen molar-refractivity contribution in [3.63, 3.8) is 0 Å². The van der Waals surface area contributed by atoms with E-state index in [1.807, 2.05) is 30.3 Å². The van der Waals surface area contributed by atoms with Gasteiger partial charge in [-0.3, -0.25) is 4.90 Å². The molecule has 4 nitrogen and oxygen atoms in total. The van der Waals surface area contributed by atoms with Crippen LogP contribution < -0.4 is 0 Å². The van der Waals surface area contributed by atoms with Crippen LogP contribution in [0, 0.1) is 0 Å². The number of nitrogens with zero attached hydrogens (tertiary/aromatic N) is 1. The maximum atomic E-state index is 5.93. The molecule has 164 valence electrons. The van der Waals surface area contributed by atoms with Crippen molar-refractivity contribution in [1.82, 2.24) is 4.90 Å². The van der Waals surface area contributed by atoms with Gasteiger partial charge >= 0.3 is 0 Å². The fourth-order valence-corrected chi connectivity index (χ4v) is 5.08. The molecule has 2 aromatic rings. The number of rotatable bonds is 2. The number of hydrogen-bond acceptors (Lipinski definition) is 4. The first-order valence-electron chi connectivity index (χ1n) is 10.6. The maximum Gasteiger partial charge on any atom is 0.168 e. The van der Waals surface area contributed by atoms with Gasteiger partial charge in [-0.05, 0) is 30.5 Å². The topological polar surface area (TPSA) is 30.9 Å². The number of hydrogen-bond donors (Lipinski definition) is 0. The van der Waals surface area contributed by atoms with Gasteiger partial charge in [0.25, 0.3) is 0 Å². The third kappa shape index (κ3) is 5.45. The largest absolute Gasteiger partial charge is 0.379 e. The van der Waals surface area contributed by atoms with Crippen molar-refractivity contribution < 1.29 is 14.2 Å². The first-order valence-corrected chi connectivity index (χ1v) is 11.4. The van der Waals surface area contributed by atoms with Crippen LogP contribution in [0.2, 0.25) is 0 Å². The molecule has 0 amide bonds. The van der Waals surface area contributed by atoms with Gasteiger partial charge in [-0.1, -0.05) is 64.5 Å². The van der Waals surface area contributed by atoms with E-state index in [-0.39, 0.29) is 23.7 Å². The third-order valence-electron chi connectivity index (χ3n) is 6.31. The van der Waals surface area contributed by atoms with Gasteiger partial charge in [0.15, 0.2) is 5.79 Å². The van der Waals surface area contributed by atoms with Crippen LogP contribution in [0.1, 0.15) is 31.2 Å². The SMILES string of the molecule is Brc1ccccc1.Cl.c1ccc(C2(N3CCOCC3)CCC3(CC2)OCCO3)cc1. The van der Waals surface area contributed by atoms with E-state index in [0.717, 1.165) is 69.7 Å². The van der Waals surface area contributed by atoms with E-state index >= 15 is 0 Å². The molecular formula is C24H31BrClNO3. The van der Waals surface area contributed by atoms with Gasteiger partial charge in [0, 0.05) is 35.9 Å². The van der Waals surface area contributed by atoms with E-state index < -0.39 is 0 Å². The molecule has 1 aliphatic carbocycles. The van der Waals surface area contributed by atoms with Gasteiger partial charge in [-0.2, -0.15) is 0 Å². The van der Waals surface area contributed by atoms with Crippen molar-refractivity contribution in [2.24, 2.45) is 0 Å². The molecule has 0 unspecified atom stereocenters. The molecule has 2 aliphatic heterocycles. The fraction of sp³-hybridized carbons (Fsp3) is 0.500. The zero-order chi connectivity index (χ0) is 20.0. The first kappa shape index (κ1) is 23.7. The maximum absolute atomic E-state index is 5.93. The highest BCUT2D eigenvalue weighted by Gasteiger charge is 2.49. The smallest absolute Gasteiger partial charge is 0.168 e. The molecule has 1 spiro atoms. The predicted molar refractivity (Wildman–Crippen MR) is 125 cm³/mol. The number of morpholine rings is 1. The van der Waals surface area contributed by atoms with E-state index in [1.165, 1.54) is 5.56 Å². The summed E-state index contributed by atoms with van der Waals surface area (Å²) in [4.78, 5) is 2.63. The zero-order valence-electron chi connectivity index (χ0n) is 17.3. The Labute approximate surface area is 194 Å². The second kappa shape index (κ2) is 11.1. The van der Waals surface area contributed by atoms with Crippen molar-refractivity contribution >= 4 is 28.3 Å². The highest BCUT2D eigenvalue weighted by atomic mass is 79.9. The lowest BCUT2D eigenvalue weighted by molar-refractivity contribution is -0.199. The van der Waals surface area contributed by atoms with Crippen molar-refractivity contribution in [2.45, 2.75) is 37.0 Å². The van der Waals surface area contributed by atoms with Gasteiger partial charge in [0.05, 0.1) is 26.4 Å². The van der Waals surface area contributed by atoms with Crippen LogP contribution in [-0.4, -0.2) is 50.2 Å². The minimum Gasteiger partial charge on any atom is -0.379 e. The molecule has 0 aromatic heterocycles. The van der Waals surface area contributed by atoms with Crippen LogP contribution in [0.15, 0.2) is 65.1 Å². The molecule has 0 atom stereocenters. The van der Waals surface area contributed by atoms with E-state index in [4.69, 9.17) is 14.2 Å². The van der Waals surface area contributed by atoms with Crippen LogP contribution in [-0.2, 0) is 19.7 Å². The molecule has 0 N–H and O–H groups in total. The second-order valence-corrected chi connectivity index (χ2v) is 8.82. The summed E-state index contributed by atoms with van der Waals surface area (Å²) in [6.07, 6.45) is 4.16. The summed E-state index contributed by atoms with van der Waals surface area (Å²) in [6, 6.07) is 20.9. The van der Waals surface area contributed by atoms with E-state index in [9.17, 15) is 0 Å². The molecule has 3 fully saturated rings. The van der Waals surface area contributed by atoms with E-state index in [2.05, 4.69) is 51.2 Å². The lowest BCUT2D eigenvalue weighted by atomic mass is 9.73. The Bertz CT molecular complexity index is 740. The van der Waals surface area contributed by atoms with Crippen molar-refractivity contribution in [3.8, 4) is 0 Å². The normalized spacial score (nSPS) is 22.6. The summed E-state index contributed by atoms with van der Waals surface area (Å²) in [5.74, 6) is -0.301. The van der Waals surface area contributed by atoms with Crippen molar-refractivity contribution in [2.75, 3.05) is 39.5 Å². The highest BCUT2D eigenvalue weighted by molar-refractivity contribution is 9.10. The molecule has 0 radical (unpaired) electrons. The molecule has 2 aromatic carbocycles. The van der Waals surface area contributed by atoms with Crippen LogP contribution in [0.4, 0.5) is 0 Å². The molecule has 30 heavy (non-hydrogen) atoms.